The molecule has 2 aliphatic rings. The molecule has 1 aromatic heterocycles. The van der Waals surface area contributed by atoms with E-state index in [0.29, 0.717) is 0 Å². The fraction of sp³-hybridized carbons (Fsp3) is 0.400. The second-order valence-corrected chi connectivity index (χ2v) is 7.04. The summed E-state index contributed by atoms with van der Waals surface area (Å²) in [4.78, 5) is 30.2. The minimum atomic E-state index is -3.84. The van der Waals surface area contributed by atoms with Crippen LogP contribution in [0.5, 0.6) is 0 Å². The highest BCUT2D eigenvalue weighted by molar-refractivity contribution is 7.89. The molecule has 2 fully saturated rings. The van der Waals surface area contributed by atoms with Gasteiger partial charge < -0.3 is 5.32 Å². The number of aromatic nitrogens is 2. The van der Waals surface area contributed by atoms with Gasteiger partial charge >= 0.3 is 6.03 Å². The van der Waals surface area contributed by atoms with Crippen molar-refractivity contribution in [3.05, 3.63) is 17.7 Å². The van der Waals surface area contributed by atoms with Crippen molar-refractivity contribution in [2.24, 2.45) is 0 Å². The lowest BCUT2D eigenvalue weighted by Crippen LogP contribution is -2.49. The van der Waals surface area contributed by atoms with Gasteiger partial charge in [-0.1, -0.05) is 0 Å². The first-order valence-electron chi connectivity index (χ1n) is 5.95. The number of carbonyl (C=O) groups is 2. The van der Waals surface area contributed by atoms with E-state index in [2.05, 4.69) is 20.6 Å². The van der Waals surface area contributed by atoms with Gasteiger partial charge in [-0.3, -0.25) is 10.1 Å². The average molecular weight is 332 g/mol. The highest BCUT2D eigenvalue weighted by atomic mass is 35.5. The molecule has 0 bridgehead atoms. The molecule has 1 atom stereocenters. The quantitative estimate of drug-likeness (QED) is 0.535. The van der Waals surface area contributed by atoms with Gasteiger partial charge in [0.1, 0.15) is 10.4 Å². The second-order valence-electron chi connectivity index (χ2n) is 4.77. The van der Waals surface area contributed by atoms with E-state index < -0.39 is 27.5 Å². The van der Waals surface area contributed by atoms with E-state index >= 15 is 0 Å². The fourth-order valence-electron chi connectivity index (χ4n) is 2.38. The topological polar surface area (TPSA) is 121 Å². The zero-order valence-corrected chi connectivity index (χ0v) is 12.1. The summed E-state index contributed by atoms with van der Waals surface area (Å²) in [7, 11) is -3.84. The van der Waals surface area contributed by atoms with Gasteiger partial charge in [0.2, 0.25) is 15.3 Å². The number of imide groups is 1. The monoisotopic (exact) mass is 331 g/mol. The number of amides is 3. The number of nitrogens with one attached hydrogen (secondary N) is 2. The summed E-state index contributed by atoms with van der Waals surface area (Å²) in [6.07, 6.45) is 2.41. The van der Waals surface area contributed by atoms with Crippen molar-refractivity contribution in [1.29, 1.82) is 0 Å². The Labute approximate surface area is 124 Å². The van der Waals surface area contributed by atoms with Crippen LogP contribution in [-0.2, 0) is 14.8 Å². The zero-order chi connectivity index (χ0) is 15.3. The number of carbonyl (C=O) groups excluding carboxylic acids is 2. The summed E-state index contributed by atoms with van der Waals surface area (Å²) in [5.41, 5.74) is -1.20. The van der Waals surface area contributed by atoms with Crippen molar-refractivity contribution < 1.29 is 18.0 Å². The maximum Gasteiger partial charge on any atom is 0.322 e. The SMILES string of the molecule is O=C1NC(=O)C2(CCN(S(=O)(=O)c3cnc(Cl)nc3)C2)N1. The van der Waals surface area contributed by atoms with E-state index in [4.69, 9.17) is 11.6 Å². The maximum atomic E-state index is 12.4. The third-order valence-corrected chi connectivity index (χ3v) is 5.48. The Balaban J connectivity index is 1.87. The first-order valence-corrected chi connectivity index (χ1v) is 7.77. The van der Waals surface area contributed by atoms with Gasteiger partial charge in [-0.25, -0.2) is 23.2 Å². The third-order valence-electron chi connectivity index (χ3n) is 3.48. The molecule has 0 aromatic carbocycles. The molecular formula is C10H10ClN5O4S. The molecule has 112 valence electrons. The van der Waals surface area contributed by atoms with Gasteiger partial charge in [-0.2, -0.15) is 4.31 Å². The number of nitrogens with zero attached hydrogens (tertiary/aromatic N) is 3. The molecule has 2 N–H and O–H groups in total. The molecule has 1 aromatic rings. The van der Waals surface area contributed by atoms with Gasteiger partial charge in [0.15, 0.2) is 0 Å². The molecule has 3 heterocycles. The number of urea groups is 1. The smallest absolute Gasteiger partial charge is 0.322 e. The van der Waals surface area contributed by atoms with Crippen molar-refractivity contribution >= 4 is 33.6 Å². The Bertz CT molecular complexity index is 721. The number of rotatable bonds is 2. The molecule has 9 nitrogen and oxygen atoms in total. The fourth-order valence-corrected chi connectivity index (χ4v) is 3.87. The lowest BCUT2D eigenvalue weighted by Gasteiger charge is -2.20. The molecule has 11 heteroatoms. The number of hydrogen-bond donors (Lipinski definition) is 2. The first-order chi connectivity index (χ1) is 9.83. The first kappa shape index (κ1) is 14.2. The largest absolute Gasteiger partial charge is 0.322 e. The Morgan fingerprint density at radius 1 is 1.29 bits per heavy atom. The molecule has 1 spiro atoms. The summed E-state index contributed by atoms with van der Waals surface area (Å²) in [6, 6.07) is -0.617. The van der Waals surface area contributed by atoms with E-state index in [1.54, 1.807) is 0 Å². The number of halogens is 1. The van der Waals surface area contributed by atoms with Crippen LogP contribution in [0.2, 0.25) is 5.28 Å². The van der Waals surface area contributed by atoms with Crippen LogP contribution < -0.4 is 10.6 Å². The molecule has 0 radical (unpaired) electrons. The lowest BCUT2D eigenvalue weighted by atomic mass is 10.00. The summed E-state index contributed by atoms with van der Waals surface area (Å²) in [6.45, 7) is -0.0196. The van der Waals surface area contributed by atoms with Crippen molar-refractivity contribution in [3.63, 3.8) is 0 Å². The van der Waals surface area contributed by atoms with E-state index in [9.17, 15) is 18.0 Å². The molecule has 2 saturated heterocycles. The molecule has 1 unspecified atom stereocenters. The second kappa shape index (κ2) is 4.61. The van der Waals surface area contributed by atoms with Gasteiger partial charge in [0.25, 0.3) is 5.91 Å². The molecular weight excluding hydrogens is 322 g/mol. The minimum Gasteiger partial charge on any atom is -0.322 e. The van der Waals surface area contributed by atoms with Crippen LogP contribution >= 0.6 is 11.6 Å². The third kappa shape index (κ3) is 2.24. The Morgan fingerprint density at radius 2 is 1.95 bits per heavy atom. The van der Waals surface area contributed by atoms with Crippen LogP contribution in [0, 0.1) is 0 Å². The Hall–Kier alpha value is -1.78. The van der Waals surface area contributed by atoms with Crippen LogP contribution in [0.3, 0.4) is 0 Å². The zero-order valence-electron chi connectivity index (χ0n) is 10.5. The lowest BCUT2D eigenvalue weighted by molar-refractivity contribution is -0.123. The van der Waals surface area contributed by atoms with Gasteiger partial charge in [0.05, 0.1) is 12.4 Å². The van der Waals surface area contributed by atoms with E-state index in [0.717, 1.165) is 16.7 Å². The van der Waals surface area contributed by atoms with Crippen LogP contribution in [0.1, 0.15) is 6.42 Å². The predicted molar refractivity (Wildman–Crippen MR) is 69.8 cm³/mol. The molecule has 21 heavy (non-hydrogen) atoms. The van der Waals surface area contributed by atoms with E-state index in [1.165, 1.54) is 0 Å². The van der Waals surface area contributed by atoms with Gasteiger partial charge in [-0.05, 0) is 18.0 Å². The molecule has 3 amide bonds. The van der Waals surface area contributed by atoms with E-state index in [-0.39, 0.29) is 29.7 Å². The highest BCUT2D eigenvalue weighted by Gasteiger charge is 2.53. The summed E-state index contributed by atoms with van der Waals surface area (Å²) in [5.74, 6) is -0.516. The highest BCUT2D eigenvalue weighted by Crippen LogP contribution is 2.29. The summed E-state index contributed by atoms with van der Waals surface area (Å²) >= 11 is 5.52. The van der Waals surface area contributed by atoms with Crippen LogP contribution in [-0.4, -0.2) is 53.3 Å². The Kier molecular flexibility index (Phi) is 3.11. The van der Waals surface area contributed by atoms with Crippen molar-refractivity contribution in [3.8, 4) is 0 Å². The molecule has 0 aliphatic carbocycles. The summed E-state index contributed by atoms with van der Waals surface area (Å²) < 4.78 is 26.0. The van der Waals surface area contributed by atoms with Crippen LogP contribution in [0.15, 0.2) is 17.3 Å². The van der Waals surface area contributed by atoms with Gasteiger partial charge in [0, 0.05) is 13.1 Å². The van der Waals surface area contributed by atoms with Crippen LogP contribution in [0.4, 0.5) is 4.79 Å². The molecule has 3 rings (SSSR count). The van der Waals surface area contributed by atoms with Gasteiger partial charge in [-0.15, -0.1) is 0 Å². The standard InChI is InChI=1S/C10H10ClN5O4S/c11-8-12-3-6(4-13-8)21(19,20)16-2-1-10(5-16)7(17)14-9(18)15-10/h3-4H,1-2,5H2,(H2,14,15,17,18). The average Bonchev–Trinajstić information content (AvgIpc) is 2.96. The Morgan fingerprint density at radius 3 is 2.52 bits per heavy atom. The summed E-state index contributed by atoms with van der Waals surface area (Å²) in [5, 5.41) is 4.54. The maximum absolute atomic E-state index is 12.4. The number of hydrogen-bond acceptors (Lipinski definition) is 6. The molecule has 2 aliphatic heterocycles. The predicted octanol–water partition coefficient (Wildman–Crippen LogP) is -0.897. The normalized spacial score (nSPS) is 26.1. The van der Waals surface area contributed by atoms with Crippen molar-refractivity contribution in [2.45, 2.75) is 16.9 Å². The van der Waals surface area contributed by atoms with Crippen molar-refractivity contribution in [1.82, 2.24) is 24.9 Å². The van der Waals surface area contributed by atoms with E-state index in [1.807, 2.05) is 0 Å². The molecule has 0 saturated carbocycles. The van der Waals surface area contributed by atoms with Crippen molar-refractivity contribution in [2.75, 3.05) is 13.1 Å². The van der Waals surface area contributed by atoms with Crippen LogP contribution in [0.25, 0.3) is 0 Å². The number of sulfonamides is 1. The minimum absolute atomic E-state index is 0.0609.